The van der Waals surface area contributed by atoms with Crippen molar-refractivity contribution >= 4 is 5.91 Å². The molecule has 2 rings (SSSR count). The molecular formula is C16H28N4O2. The van der Waals surface area contributed by atoms with Gasteiger partial charge in [-0.1, -0.05) is 13.8 Å². The molecule has 1 amide bonds. The minimum atomic E-state index is -0.148. The second kappa shape index (κ2) is 6.77. The Bertz CT molecular complexity index is 504. The van der Waals surface area contributed by atoms with E-state index in [2.05, 4.69) is 50.0 Å². The molecule has 1 fully saturated rings. The van der Waals surface area contributed by atoms with Crippen LogP contribution in [0, 0.1) is 11.8 Å². The number of carbonyl (C=O) groups excluding carboxylic acids is 1. The van der Waals surface area contributed by atoms with Crippen LogP contribution in [0.4, 0.5) is 0 Å². The first kappa shape index (κ1) is 16.9. The van der Waals surface area contributed by atoms with Crippen LogP contribution in [0.2, 0.25) is 0 Å². The number of amides is 1. The van der Waals surface area contributed by atoms with Crippen LogP contribution in [0.25, 0.3) is 0 Å². The highest BCUT2D eigenvalue weighted by Gasteiger charge is 2.34. The molecule has 0 spiro atoms. The number of ether oxygens (including phenoxy) is 1. The Kier molecular flexibility index (Phi) is 5.21. The summed E-state index contributed by atoms with van der Waals surface area (Å²) in [5.41, 5.74) is -0.148. The number of aromatic nitrogens is 3. The van der Waals surface area contributed by atoms with E-state index in [1.165, 1.54) is 6.33 Å². The second-order valence-electron chi connectivity index (χ2n) is 7.30. The summed E-state index contributed by atoms with van der Waals surface area (Å²) in [4.78, 5) is 16.8. The fourth-order valence-corrected chi connectivity index (χ4v) is 2.98. The van der Waals surface area contributed by atoms with Crippen LogP contribution in [0.15, 0.2) is 6.33 Å². The summed E-state index contributed by atoms with van der Waals surface area (Å²) >= 11 is 0. The third-order valence-corrected chi connectivity index (χ3v) is 4.03. The molecule has 1 aliphatic rings. The lowest BCUT2D eigenvalue weighted by molar-refractivity contribution is -0.137. The SMILES string of the molecule is CC(C)[C@H]1OCCC[C@H]1C(=O)NCc1ncnn1C(C)(C)C. The highest BCUT2D eigenvalue weighted by molar-refractivity contribution is 5.79. The van der Waals surface area contributed by atoms with Crippen molar-refractivity contribution in [1.29, 1.82) is 0 Å². The molecule has 1 aromatic rings. The molecule has 2 atom stereocenters. The zero-order valence-corrected chi connectivity index (χ0v) is 14.3. The summed E-state index contributed by atoms with van der Waals surface area (Å²) in [5.74, 6) is 1.11. The summed E-state index contributed by atoms with van der Waals surface area (Å²) in [6.45, 7) is 11.6. The quantitative estimate of drug-likeness (QED) is 0.925. The lowest BCUT2D eigenvalue weighted by Crippen LogP contribution is -2.44. The molecule has 22 heavy (non-hydrogen) atoms. The van der Waals surface area contributed by atoms with E-state index in [0.29, 0.717) is 12.5 Å². The summed E-state index contributed by atoms with van der Waals surface area (Å²) in [7, 11) is 0. The lowest BCUT2D eigenvalue weighted by Gasteiger charge is -2.33. The van der Waals surface area contributed by atoms with Crippen LogP contribution < -0.4 is 5.32 Å². The Morgan fingerprint density at radius 3 is 2.86 bits per heavy atom. The van der Waals surface area contributed by atoms with E-state index in [-0.39, 0.29) is 23.5 Å². The highest BCUT2D eigenvalue weighted by atomic mass is 16.5. The monoisotopic (exact) mass is 308 g/mol. The number of hydrogen-bond donors (Lipinski definition) is 1. The second-order valence-corrected chi connectivity index (χ2v) is 7.30. The van der Waals surface area contributed by atoms with E-state index in [1.807, 2.05) is 4.68 Å². The largest absolute Gasteiger partial charge is 0.377 e. The first-order valence-electron chi connectivity index (χ1n) is 8.09. The van der Waals surface area contributed by atoms with Crippen LogP contribution in [0.5, 0.6) is 0 Å². The minimum Gasteiger partial charge on any atom is -0.377 e. The number of rotatable bonds is 4. The number of nitrogens with zero attached hydrogens (tertiary/aromatic N) is 3. The van der Waals surface area contributed by atoms with Crippen molar-refractivity contribution in [2.75, 3.05) is 6.61 Å². The van der Waals surface area contributed by atoms with Crippen molar-refractivity contribution in [3.05, 3.63) is 12.2 Å². The molecule has 0 radical (unpaired) electrons. The Labute approximate surface area is 132 Å². The van der Waals surface area contributed by atoms with Crippen molar-refractivity contribution in [3.8, 4) is 0 Å². The highest BCUT2D eigenvalue weighted by Crippen LogP contribution is 2.26. The molecule has 6 nitrogen and oxygen atoms in total. The van der Waals surface area contributed by atoms with E-state index in [9.17, 15) is 4.79 Å². The van der Waals surface area contributed by atoms with Gasteiger partial charge in [0, 0.05) is 6.61 Å². The third kappa shape index (κ3) is 3.85. The van der Waals surface area contributed by atoms with Gasteiger partial charge in [-0.3, -0.25) is 4.79 Å². The van der Waals surface area contributed by atoms with Crippen molar-refractivity contribution in [2.45, 2.75) is 65.6 Å². The molecule has 0 bridgehead atoms. The molecule has 1 saturated heterocycles. The minimum absolute atomic E-state index is 0.00855. The molecule has 1 N–H and O–H groups in total. The van der Waals surface area contributed by atoms with Crippen molar-refractivity contribution in [3.63, 3.8) is 0 Å². The van der Waals surface area contributed by atoms with Crippen molar-refractivity contribution in [1.82, 2.24) is 20.1 Å². The van der Waals surface area contributed by atoms with Crippen molar-refractivity contribution in [2.24, 2.45) is 11.8 Å². The molecule has 1 aliphatic heterocycles. The number of nitrogens with one attached hydrogen (secondary N) is 1. The number of hydrogen-bond acceptors (Lipinski definition) is 4. The predicted molar refractivity (Wildman–Crippen MR) is 84.2 cm³/mol. The fourth-order valence-electron chi connectivity index (χ4n) is 2.98. The molecule has 0 aromatic carbocycles. The average Bonchev–Trinajstić information content (AvgIpc) is 2.93. The van der Waals surface area contributed by atoms with Crippen LogP contribution >= 0.6 is 0 Å². The topological polar surface area (TPSA) is 69.0 Å². The Hall–Kier alpha value is -1.43. The normalized spacial score (nSPS) is 22.8. The van der Waals surface area contributed by atoms with E-state index in [0.717, 1.165) is 25.3 Å². The summed E-state index contributed by atoms with van der Waals surface area (Å²) in [5, 5.41) is 7.26. The van der Waals surface area contributed by atoms with Gasteiger partial charge in [0.25, 0.3) is 0 Å². The predicted octanol–water partition coefficient (Wildman–Crippen LogP) is 2.10. The smallest absolute Gasteiger partial charge is 0.226 e. The first-order chi connectivity index (χ1) is 10.3. The maximum atomic E-state index is 12.5. The molecule has 0 aliphatic carbocycles. The standard InChI is InChI=1S/C16H28N4O2/c1-11(2)14-12(7-6-8-22-14)15(21)17-9-13-18-10-19-20(13)16(3,4)5/h10-12,14H,6-9H2,1-5H3,(H,17,21)/t12-,14-/m1/s1. The van der Waals surface area contributed by atoms with Crippen LogP contribution in [-0.2, 0) is 21.6 Å². The fraction of sp³-hybridized carbons (Fsp3) is 0.812. The van der Waals surface area contributed by atoms with Gasteiger partial charge in [-0.15, -0.1) is 0 Å². The molecule has 0 saturated carbocycles. The zero-order valence-electron chi connectivity index (χ0n) is 14.3. The van der Waals surface area contributed by atoms with Gasteiger partial charge in [0.2, 0.25) is 5.91 Å². The van der Waals surface area contributed by atoms with E-state index in [4.69, 9.17) is 4.74 Å². The molecule has 6 heteroatoms. The zero-order chi connectivity index (χ0) is 16.3. The molecule has 124 valence electrons. The van der Waals surface area contributed by atoms with E-state index < -0.39 is 0 Å². The summed E-state index contributed by atoms with van der Waals surface area (Å²) in [6.07, 6.45) is 3.38. The van der Waals surface area contributed by atoms with Gasteiger partial charge in [0.05, 0.1) is 24.1 Å². The van der Waals surface area contributed by atoms with Gasteiger partial charge in [-0.25, -0.2) is 9.67 Å². The van der Waals surface area contributed by atoms with Gasteiger partial charge < -0.3 is 10.1 Å². The molecule has 1 aromatic heterocycles. The molecule has 0 unspecified atom stereocenters. The maximum Gasteiger partial charge on any atom is 0.226 e. The van der Waals surface area contributed by atoms with Crippen LogP contribution in [0.1, 0.15) is 53.3 Å². The van der Waals surface area contributed by atoms with E-state index >= 15 is 0 Å². The number of carbonyl (C=O) groups is 1. The van der Waals surface area contributed by atoms with E-state index in [1.54, 1.807) is 0 Å². The van der Waals surface area contributed by atoms with Gasteiger partial charge in [0.1, 0.15) is 12.2 Å². The van der Waals surface area contributed by atoms with Crippen molar-refractivity contribution < 1.29 is 9.53 Å². The van der Waals surface area contributed by atoms with Crippen LogP contribution in [-0.4, -0.2) is 33.4 Å². The van der Waals surface area contributed by atoms with Gasteiger partial charge in [-0.05, 0) is 39.5 Å². The summed E-state index contributed by atoms with van der Waals surface area (Å²) < 4.78 is 7.65. The molecular weight excluding hydrogens is 280 g/mol. The Morgan fingerprint density at radius 2 is 2.23 bits per heavy atom. The average molecular weight is 308 g/mol. The van der Waals surface area contributed by atoms with Gasteiger partial charge >= 0.3 is 0 Å². The third-order valence-electron chi connectivity index (χ3n) is 4.03. The maximum absolute atomic E-state index is 12.5. The van der Waals surface area contributed by atoms with Gasteiger partial charge in [0.15, 0.2) is 0 Å². The Morgan fingerprint density at radius 1 is 1.50 bits per heavy atom. The first-order valence-corrected chi connectivity index (χ1v) is 8.09. The summed E-state index contributed by atoms with van der Waals surface area (Å²) in [6, 6.07) is 0. The van der Waals surface area contributed by atoms with Gasteiger partial charge in [-0.2, -0.15) is 5.10 Å². The molecule has 2 heterocycles. The Balaban J connectivity index is 1.99. The lowest BCUT2D eigenvalue weighted by atomic mass is 9.87. The van der Waals surface area contributed by atoms with Crippen LogP contribution in [0.3, 0.4) is 0 Å².